The van der Waals surface area contributed by atoms with E-state index >= 15 is 0 Å². The third-order valence-electron chi connectivity index (χ3n) is 3.28. The lowest BCUT2D eigenvalue weighted by atomic mass is 10.1. The van der Waals surface area contributed by atoms with E-state index in [-0.39, 0.29) is 0 Å². The van der Waals surface area contributed by atoms with Crippen molar-refractivity contribution in [2.75, 3.05) is 5.32 Å². The number of anilines is 1. The van der Waals surface area contributed by atoms with E-state index in [2.05, 4.69) is 39.6 Å². The lowest BCUT2D eigenvalue weighted by Gasteiger charge is -2.15. The molecule has 18 heavy (non-hydrogen) atoms. The number of halogens is 1. The second-order valence-corrected chi connectivity index (χ2v) is 4.94. The summed E-state index contributed by atoms with van der Waals surface area (Å²) in [6.07, 6.45) is 2.21. The van der Waals surface area contributed by atoms with Gasteiger partial charge in [-0.25, -0.2) is 9.97 Å². The van der Waals surface area contributed by atoms with Gasteiger partial charge in [0.2, 0.25) is 5.28 Å². The lowest BCUT2D eigenvalue weighted by Crippen LogP contribution is -2.09. The van der Waals surface area contributed by atoms with Gasteiger partial charge in [-0.15, -0.1) is 0 Å². The number of hydrogen-bond acceptors (Lipinski definition) is 3. The van der Waals surface area contributed by atoms with E-state index in [9.17, 15) is 0 Å². The van der Waals surface area contributed by atoms with Crippen molar-refractivity contribution in [3.63, 3.8) is 0 Å². The summed E-state index contributed by atoms with van der Waals surface area (Å²) >= 11 is 5.87. The van der Waals surface area contributed by atoms with Crippen molar-refractivity contribution in [3.05, 3.63) is 52.4 Å². The number of rotatable bonds is 2. The number of fused-ring (bicyclic) bond motifs is 1. The van der Waals surface area contributed by atoms with Crippen LogP contribution in [0.25, 0.3) is 0 Å². The maximum atomic E-state index is 5.87. The van der Waals surface area contributed by atoms with E-state index in [1.54, 1.807) is 0 Å². The summed E-state index contributed by atoms with van der Waals surface area (Å²) in [6.45, 7) is 1.92. The summed E-state index contributed by atoms with van der Waals surface area (Å²) in [5, 5.41) is 3.74. The normalized spacial score (nSPS) is 17.6. The van der Waals surface area contributed by atoms with Crippen LogP contribution in [0.2, 0.25) is 5.28 Å². The largest absolute Gasteiger partial charge is 0.363 e. The first-order chi connectivity index (χ1) is 8.72. The summed E-state index contributed by atoms with van der Waals surface area (Å²) in [5.41, 5.74) is 3.67. The van der Waals surface area contributed by atoms with Crippen molar-refractivity contribution in [3.8, 4) is 0 Å². The molecule has 0 fully saturated rings. The molecule has 0 amide bonds. The van der Waals surface area contributed by atoms with Crippen LogP contribution in [-0.2, 0) is 6.42 Å². The number of hydrogen-bond donors (Lipinski definition) is 1. The zero-order valence-electron chi connectivity index (χ0n) is 10.2. The molecule has 0 saturated carbocycles. The first kappa shape index (κ1) is 11.5. The molecule has 1 unspecified atom stereocenters. The van der Waals surface area contributed by atoms with E-state index < -0.39 is 0 Å². The molecule has 0 radical (unpaired) electrons. The molecule has 1 atom stereocenters. The van der Waals surface area contributed by atoms with E-state index in [0.29, 0.717) is 11.3 Å². The minimum Gasteiger partial charge on any atom is -0.363 e. The molecule has 92 valence electrons. The smallest absolute Gasteiger partial charge is 0.224 e. The Morgan fingerprint density at radius 1 is 1.28 bits per heavy atom. The van der Waals surface area contributed by atoms with Gasteiger partial charge in [-0.05, 0) is 42.5 Å². The van der Waals surface area contributed by atoms with Crippen molar-refractivity contribution >= 4 is 17.4 Å². The van der Waals surface area contributed by atoms with Crippen LogP contribution in [0.4, 0.5) is 5.82 Å². The molecule has 1 aliphatic carbocycles. The lowest BCUT2D eigenvalue weighted by molar-refractivity contribution is 0.756. The second-order valence-electron chi connectivity index (χ2n) is 4.60. The zero-order valence-corrected chi connectivity index (χ0v) is 10.9. The third-order valence-corrected chi connectivity index (χ3v) is 3.45. The van der Waals surface area contributed by atoms with Gasteiger partial charge in [0, 0.05) is 11.8 Å². The average molecular weight is 260 g/mol. The Labute approximate surface area is 111 Å². The van der Waals surface area contributed by atoms with Crippen LogP contribution in [0.15, 0.2) is 30.3 Å². The quantitative estimate of drug-likeness (QED) is 0.839. The third kappa shape index (κ3) is 2.18. The number of nitrogens with one attached hydrogen (secondary N) is 1. The Morgan fingerprint density at radius 3 is 2.94 bits per heavy atom. The average Bonchev–Trinajstić information content (AvgIpc) is 2.72. The Bertz CT molecular complexity index is 563. The Hall–Kier alpha value is -1.61. The molecule has 3 rings (SSSR count). The minimum absolute atomic E-state index is 0.295. The highest BCUT2D eigenvalue weighted by Crippen LogP contribution is 2.33. The van der Waals surface area contributed by atoms with Gasteiger partial charge in [0.25, 0.3) is 0 Å². The highest BCUT2D eigenvalue weighted by Gasteiger charge is 2.22. The van der Waals surface area contributed by atoms with E-state index in [1.807, 2.05) is 13.0 Å². The van der Waals surface area contributed by atoms with Gasteiger partial charge in [-0.1, -0.05) is 24.3 Å². The molecule has 1 aromatic heterocycles. The van der Waals surface area contributed by atoms with Crippen molar-refractivity contribution in [1.29, 1.82) is 0 Å². The van der Waals surface area contributed by atoms with Crippen molar-refractivity contribution in [1.82, 2.24) is 9.97 Å². The van der Waals surface area contributed by atoms with Gasteiger partial charge in [0.15, 0.2) is 0 Å². The van der Waals surface area contributed by atoms with Gasteiger partial charge in [-0.3, -0.25) is 0 Å². The fourth-order valence-corrected chi connectivity index (χ4v) is 2.72. The first-order valence-corrected chi connectivity index (χ1v) is 6.46. The molecule has 1 heterocycles. The second kappa shape index (κ2) is 4.58. The van der Waals surface area contributed by atoms with Gasteiger partial charge >= 0.3 is 0 Å². The van der Waals surface area contributed by atoms with Crippen LogP contribution in [0, 0.1) is 6.92 Å². The summed E-state index contributed by atoms with van der Waals surface area (Å²) in [5.74, 6) is 0.800. The van der Waals surface area contributed by atoms with Gasteiger partial charge in [0.1, 0.15) is 5.82 Å². The first-order valence-electron chi connectivity index (χ1n) is 6.08. The van der Waals surface area contributed by atoms with E-state index in [1.165, 1.54) is 11.1 Å². The van der Waals surface area contributed by atoms with Crippen molar-refractivity contribution < 1.29 is 0 Å². The SMILES string of the molecule is Cc1cc(NC2CCc3ccccc32)nc(Cl)n1. The number of aryl methyl sites for hydroxylation is 2. The predicted molar refractivity (Wildman–Crippen MR) is 72.9 cm³/mol. The van der Waals surface area contributed by atoms with Crippen molar-refractivity contribution in [2.24, 2.45) is 0 Å². The molecule has 0 spiro atoms. The van der Waals surface area contributed by atoms with Crippen LogP contribution in [0.3, 0.4) is 0 Å². The molecule has 4 heteroatoms. The number of benzene rings is 1. The molecular formula is C14H14ClN3. The van der Waals surface area contributed by atoms with Crippen LogP contribution in [0.1, 0.15) is 29.3 Å². The molecule has 0 saturated heterocycles. The summed E-state index contributed by atoms with van der Waals surface area (Å²) < 4.78 is 0. The summed E-state index contributed by atoms with van der Waals surface area (Å²) in [4.78, 5) is 8.28. The Kier molecular flexibility index (Phi) is 2.92. The Balaban J connectivity index is 1.86. The molecule has 3 nitrogen and oxygen atoms in total. The number of nitrogens with zero attached hydrogens (tertiary/aromatic N) is 2. The van der Waals surface area contributed by atoms with E-state index in [4.69, 9.17) is 11.6 Å². The monoisotopic (exact) mass is 259 g/mol. The molecule has 2 aromatic rings. The maximum Gasteiger partial charge on any atom is 0.224 e. The standard InChI is InChI=1S/C14H14ClN3/c1-9-8-13(18-14(15)16-9)17-12-7-6-10-4-2-3-5-11(10)12/h2-5,8,12H,6-7H2,1H3,(H,16,17,18). The highest BCUT2D eigenvalue weighted by atomic mass is 35.5. The Morgan fingerprint density at radius 2 is 2.11 bits per heavy atom. The van der Waals surface area contributed by atoms with Crippen LogP contribution in [0.5, 0.6) is 0 Å². The molecule has 1 aromatic carbocycles. The van der Waals surface area contributed by atoms with Gasteiger partial charge < -0.3 is 5.32 Å². The van der Waals surface area contributed by atoms with E-state index in [0.717, 1.165) is 24.4 Å². The zero-order chi connectivity index (χ0) is 12.5. The van der Waals surface area contributed by atoms with Gasteiger partial charge in [0.05, 0.1) is 6.04 Å². The summed E-state index contributed by atoms with van der Waals surface area (Å²) in [7, 11) is 0. The molecule has 0 bridgehead atoms. The van der Waals surface area contributed by atoms with Crippen LogP contribution >= 0.6 is 11.6 Å². The predicted octanol–water partition coefficient (Wildman–Crippen LogP) is 3.54. The maximum absolute atomic E-state index is 5.87. The van der Waals surface area contributed by atoms with Gasteiger partial charge in [-0.2, -0.15) is 0 Å². The number of aromatic nitrogens is 2. The molecule has 0 aliphatic heterocycles. The highest BCUT2D eigenvalue weighted by molar-refractivity contribution is 6.28. The topological polar surface area (TPSA) is 37.8 Å². The fraction of sp³-hybridized carbons (Fsp3) is 0.286. The molecule has 1 aliphatic rings. The molecule has 1 N–H and O–H groups in total. The minimum atomic E-state index is 0.295. The summed E-state index contributed by atoms with van der Waals surface area (Å²) in [6, 6.07) is 10.8. The fourth-order valence-electron chi connectivity index (χ4n) is 2.49. The van der Waals surface area contributed by atoms with Crippen LogP contribution < -0.4 is 5.32 Å². The molecular weight excluding hydrogens is 246 g/mol. The van der Waals surface area contributed by atoms with Crippen LogP contribution in [-0.4, -0.2) is 9.97 Å². The van der Waals surface area contributed by atoms with Crippen molar-refractivity contribution in [2.45, 2.75) is 25.8 Å².